The van der Waals surface area contributed by atoms with E-state index in [2.05, 4.69) is 10.1 Å². The molecule has 0 saturated carbocycles. The molecule has 1 atom stereocenters. The second kappa shape index (κ2) is 13.7. The van der Waals surface area contributed by atoms with Gasteiger partial charge in [0.1, 0.15) is 12.1 Å². The molecule has 1 saturated heterocycles. The second-order valence-corrected chi connectivity index (χ2v) is 11.6. The molecule has 1 fully saturated rings. The number of imide groups is 1. The number of pyridine rings is 1. The highest BCUT2D eigenvalue weighted by molar-refractivity contribution is 8.15. The van der Waals surface area contributed by atoms with Crippen LogP contribution in [0.2, 0.25) is 0 Å². The normalized spacial score (nSPS) is 16.8. The maximum absolute atomic E-state index is 15.0. The summed E-state index contributed by atoms with van der Waals surface area (Å²) in [4.78, 5) is 38.7. The van der Waals surface area contributed by atoms with E-state index in [1.807, 2.05) is 133 Å². The molecule has 1 aliphatic rings. The van der Waals surface area contributed by atoms with Crippen molar-refractivity contribution in [2.75, 3.05) is 13.2 Å². The van der Waals surface area contributed by atoms with Gasteiger partial charge in [0.05, 0.1) is 12.8 Å². The Morgan fingerprint density at radius 3 is 1.76 bits per heavy atom. The fourth-order valence-electron chi connectivity index (χ4n) is 5.66. The van der Waals surface area contributed by atoms with Crippen molar-refractivity contribution in [3.8, 4) is 0 Å². The second-order valence-electron chi connectivity index (χ2n) is 10.4. The molecule has 6 rings (SSSR count). The van der Waals surface area contributed by atoms with Gasteiger partial charge in [0.2, 0.25) is 4.93 Å². The fraction of sp³-hybridized carbons (Fsp3) is 0.135. The van der Waals surface area contributed by atoms with Crippen LogP contribution in [0.3, 0.4) is 0 Å². The van der Waals surface area contributed by atoms with Gasteiger partial charge in [0, 0.05) is 18.8 Å². The van der Waals surface area contributed by atoms with Crippen LogP contribution in [0.1, 0.15) is 27.8 Å². The van der Waals surface area contributed by atoms with Gasteiger partial charge < -0.3 is 9.57 Å². The van der Waals surface area contributed by atoms with Crippen LogP contribution in [0.4, 0.5) is 4.79 Å². The van der Waals surface area contributed by atoms with Crippen molar-refractivity contribution in [3.63, 3.8) is 0 Å². The van der Waals surface area contributed by atoms with Gasteiger partial charge in [0.15, 0.2) is 0 Å². The lowest BCUT2D eigenvalue weighted by Gasteiger charge is -2.42. The van der Waals surface area contributed by atoms with Crippen LogP contribution >= 0.6 is 11.8 Å². The number of thioether (sulfide) groups is 1. The number of oxime groups is 1. The minimum atomic E-state index is -1.53. The number of hydrogen-bond acceptors (Lipinski definition) is 7. The maximum Gasteiger partial charge on any atom is 0.293 e. The van der Waals surface area contributed by atoms with Gasteiger partial charge in [-0.15, -0.1) is 0 Å². The van der Waals surface area contributed by atoms with Gasteiger partial charge in [-0.2, -0.15) is 0 Å². The van der Waals surface area contributed by atoms with Gasteiger partial charge >= 0.3 is 0 Å². The van der Waals surface area contributed by atoms with Crippen LogP contribution in [-0.4, -0.2) is 45.4 Å². The summed E-state index contributed by atoms with van der Waals surface area (Å²) in [6.07, 6.45) is 5.11. The Balaban J connectivity index is 1.39. The van der Waals surface area contributed by atoms with Crippen molar-refractivity contribution in [3.05, 3.63) is 174 Å². The van der Waals surface area contributed by atoms with Gasteiger partial charge in [-0.3, -0.25) is 19.5 Å². The number of nitrogens with zero attached hydrogens (tertiary/aromatic N) is 3. The average molecular weight is 614 g/mol. The maximum atomic E-state index is 15.0. The molecule has 1 aliphatic heterocycles. The Bertz CT molecular complexity index is 1640. The zero-order valence-corrected chi connectivity index (χ0v) is 25.3. The third kappa shape index (κ3) is 6.16. The predicted molar refractivity (Wildman–Crippen MR) is 176 cm³/mol. The fourth-order valence-corrected chi connectivity index (χ4v) is 6.81. The lowest BCUT2D eigenvalue weighted by Crippen LogP contribution is -2.54. The van der Waals surface area contributed by atoms with E-state index >= 15 is 0 Å². The molecule has 2 heterocycles. The smallest absolute Gasteiger partial charge is 0.293 e. The number of carbonyl (C=O) groups is 2. The van der Waals surface area contributed by atoms with Crippen LogP contribution in [0.25, 0.3) is 0 Å². The minimum absolute atomic E-state index is 0.0371. The van der Waals surface area contributed by atoms with Crippen molar-refractivity contribution < 1.29 is 19.2 Å². The van der Waals surface area contributed by atoms with E-state index in [0.29, 0.717) is 0 Å². The zero-order chi connectivity index (χ0) is 31.0. The van der Waals surface area contributed by atoms with Gasteiger partial charge in [0.25, 0.3) is 11.1 Å². The summed E-state index contributed by atoms with van der Waals surface area (Å²) < 4.78 is 6.40. The number of ether oxygens (including phenoxy) is 1. The minimum Gasteiger partial charge on any atom is -0.393 e. The van der Waals surface area contributed by atoms with Crippen LogP contribution in [0.15, 0.2) is 151 Å². The highest BCUT2D eigenvalue weighted by Crippen LogP contribution is 2.51. The predicted octanol–water partition coefficient (Wildman–Crippen LogP) is 7.08. The third-order valence-corrected chi connectivity index (χ3v) is 8.77. The van der Waals surface area contributed by atoms with E-state index in [1.165, 1.54) is 4.90 Å². The van der Waals surface area contributed by atoms with E-state index in [1.54, 1.807) is 18.6 Å². The van der Waals surface area contributed by atoms with Crippen LogP contribution in [0.5, 0.6) is 0 Å². The van der Waals surface area contributed by atoms with Crippen LogP contribution in [-0.2, 0) is 26.3 Å². The number of amides is 2. The van der Waals surface area contributed by atoms with E-state index in [9.17, 15) is 9.59 Å². The first-order valence-electron chi connectivity index (χ1n) is 14.6. The molecule has 1 aromatic heterocycles. The van der Waals surface area contributed by atoms with Crippen molar-refractivity contribution in [2.24, 2.45) is 5.16 Å². The summed E-state index contributed by atoms with van der Waals surface area (Å²) in [6, 6.07) is 42.3. The molecule has 4 aromatic carbocycles. The van der Waals surface area contributed by atoms with Crippen LogP contribution < -0.4 is 0 Å². The molecule has 0 aliphatic carbocycles. The number of rotatable bonds is 12. The van der Waals surface area contributed by atoms with Gasteiger partial charge in [-0.1, -0.05) is 126 Å². The molecule has 2 amide bonds. The molecular formula is C37H31N3O4S. The molecule has 224 valence electrons. The summed E-state index contributed by atoms with van der Waals surface area (Å²) in [6.45, 7) is 0.122. The largest absolute Gasteiger partial charge is 0.393 e. The van der Waals surface area contributed by atoms with Crippen molar-refractivity contribution >= 4 is 29.1 Å². The van der Waals surface area contributed by atoms with Gasteiger partial charge in [-0.25, -0.2) is 0 Å². The Hall–Kier alpha value is -5.05. The SMILES string of the molecule is O=C1SC(Cc2ccccc2)(OCCON=Cc2ccncc2)C(=O)N1C(c1ccccc1)(c1ccccc1)c1ccccc1. The lowest BCUT2D eigenvalue weighted by atomic mass is 9.75. The molecule has 8 heteroatoms. The molecular weight excluding hydrogens is 582 g/mol. The highest BCUT2D eigenvalue weighted by Gasteiger charge is 2.61. The standard InChI is InChI=1S/C37H31N3O4S/c41-34-36(27-29-13-5-1-6-14-29,43-25-26-44-39-28-30-21-23-38-24-22-30)45-35(42)40(34)37(31-15-7-2-8-16-31,32-17-9-3-10-18-32)33-19-11-4-12-20-33/h1-24,28H,25-27H2. The molecule has 0 bridgehead atoms. The molecule has 0 radical (unpaired) electrons. The van der Waals surface area contributed by atoms with E-state index in [0.717, 1.165) is 39.6 Å². The van der Waals surface area contributed by atoms with Crippen molar-refractivity contribution in [2.45, 2.75) is 16.9 Å². The molecule has 5 aromatic rings. The lowest BCUT2D eigenvalue weighted by molar-refractivity contribution is -0.146. The summed E-state index contributed by atoms with van der Waals surface area (Å²) >= 11 is 0.910. The van der Waals surface area contributed by atoms with Crippen molar-refractivity contribution in [1.82, 2.24) is 9.88 Å². The summed E-state index contributed by atoms with van der Waals surface area (Å²) in [5, 5.41) is 3.62. The number of carbonyl (C=O) groups excluding carboxylic acids is 2. The van der Waals surface area contributed by atoms with Gasteiger partial charge in [-0.05, 0) is 51.7 Å². The summed E-state index contributed by atoms with van der Waals surface area (Å²) in [7, 11) is 0. The highest BCUT2D eigenvalue weighted by atomic mass is 32.2. The quantitative estimate of drug-likeness (QED) is 0.0648. The number of hydrogen-bond donors (Lipinski definition) is 0. The molecule has 0 N–H and O–H groups in total. The molecule has 1 unspecified atom stereocenters. The Morgan fingerprint density at radius 1 is 0.711 bits per heavy atom. The molecule has 7 nitrogen and oxygen atoms in total. The summed E-state index contributed by atoms with van der Waals surface area (Å²) in [5.41, 5.74) is 2.82. The van der Waals surface area contributed by atoms with Crippen LogP contribution in [0, 0.1) is 0 Å². The Labute approximate surface area is 266 Å². The average Bonchev–Trinajstić information content (AvgIpc) is 3.34. The first-order valence-corrected chi connectivity index (χ1v) is 15.4. The summed E-state index contributed by atoms with van der Waals surface area (Å²) in [5.74, 6) is -0.432. The van der Waals surface area contributed by atoms with E-state index < -0.39 is 21.6 Å². The topological polar surface area (TPSA) is 81.1 Å². The monoisotopic (exact) mass is 613 g/mol. The first kappa shape index (κ1) is 30.0. The number of benzene rings is 4. The first-order chi connectivity index (χ1) is 22.1. The Morgan fingerprint density at radius 2 is 1.22 bits per heavy atom. The van der Waals surface area contributed by atoms with Crippen molar-refractivity contribution in [1.29, 1.82) is 0 Å². The molecule has 0 spiro atoms. The third-order valence-electron chi connectivity index (χ3n) is 7.65. The van der Waals surface area contributed by atoms with E-state index in [4.69, 9.17) is 9.57 Å². The Kier molecular flexibility index (Phi) is 9.14. The molecule has 45 heavy (non-hydrogen) atoms. The zero-order valence-electron chi connectivity index (χ0n) is 24.4. The van der Waals surface area contributed by atoms with E-state index in [-0.39, 0.29) is 19.6 Å². The number of aromatic nitrogens is 1.